The largest absolute Gasteiger partial charge is 0.489 e. The highest BCUT2D eigenvalue weighted by atomic mass is 16.5. The van der Waals surface area contributed by atoms with Crippen molar-refractivity contribution < 1.29 is 4.74 Å². The number of ether oxygens (including phenoxy) is 1. The van der Waals surface area contributed by atoms with E-state index in [1.54, 1.807) is 0 Å². The van der Waals surface area contributed by atoms with Gasteiger partial charge < -0.3 is 10.5 Å². The average Bonchev–Trinajstić information content (AvgIpc) is 2.38. The summed E-state index contributed by atoms with van der Waals surface area (Å²) in [6, 6.07) is 5.14. The minimum absolute atomic E-state index is 0.132. The van der Waals surface area contributed by atoms with Gasteiger partial charge in [-0.05, 0) is 76.9 Å². The van der Waals surface area contributed by atoms with Gasteiger partial charge in [0.2, 0.25) is 0 Å². The molecule has 1 heterocycles. The van der Waals surface area contributed by atoms with Crippen LogP contribution in [0.3, 0.4) is 0 Å². The molecule has 2 rings (SSSR count). The number of aryl methyl sites for hydroxylation is 1. The summed E-state index contributed by atoms with van der Waals surface area (Å²) in [5.74, 6) is 0.797. The van der Waals surface area contributed by atoms with E-state index in [4.69, 9.17) is 10.5 Å². The van der Waals surface area contributed by atoms with Gasteiger partial charge in [0.1, 0.15) is 5.75 Å². The average molecular weight is 288 g/mol. The fourth-order valence-electron chi connectivity index (χ4n) is 2.95. The molecule has 1 aromatic carbocycles. The molecule has 0 aromatic heterocycles. The third-order valence-corrected chi connectivity index (χ3v) is 4.36. The molecule has 3 heteroatoms. The van der Waals surface area contributed by atoms with Gasteiger partial charge in [-0.3, -0.25) is 4.90 Å². The summed E-state index contributed by atoms with van der Waals surface area (Å²) in [7, 11) is 2.19. The number of benzene rings is 1. The van der Waals surface area contributed by atoms with Crippen LogP contribution in [0, 0.1) is 6.92 Å². The van der Waals surface area contributed by atoms with E-state index in [0.29, 0.717) is 12.1 Å². The van der Waals surface area contributed by atoms with Gasteiger partial charge in [-0.25, -0.2) is 0 Å². The number of nitrogens with two attached hydrogens (primary N) is 1. The van der Waals surface area contributed by atoms with Gasteiger partial charge >= 0.3 is 0 Å². The highest BCUT2D eigenvalue weighted by Crippen LogP contribution is 2.35. The van der Waals surface area contributed by atoms with Crippen LogP contribution in [0.25, 0.3) is 5.57 Å². The Morgan fingerprint density at radius 1 is 1.29 bits per heavy atom. The Balaban J connectivity index is 2.42. The molecule has 0 spiro atoms. The van der Waals surface area contributed by atoms with Crippen LogP contribution in [-0.4, -0.2) is 30.1 Å². The van der Waals surface area contributed by atoms with Crippen LogP contribution in [-0.2, 0) is 0 Å². The molecule has 3 nitrogen and oxygen atoms in total. The van der Waals surface area contributed by atoms with Crippen molar-refractivity contribution in [1.82, 2.24) is 4.90 Å². The molecule has 0 radical (unpaired) electrons. The van der Waals surface area contributed by atoms with E-state index in [-0.39, 0.29) is 6.10 Å². The third-order valence-electron chi connectivity index (χ3n) is 4.36. The summed E-state index contributed by atoms with van der Waals surface area (Å²) in [6.45, 7) is 10.7. The van der Waals surface area contributed by atoms with E-state index < -0.39 is 0 Å². The van der Waals surface area contributed by atoms with E-state index in [1.807, 2.05) is 19.9 Å². The number of rotatable bonds is 3. The molecule has 1 aliphatic rings. The van der Waals surface area contributed by atoms with Crippen molar-refractivity contribution in [3.63, 3.8) is 0 Å². The van der Waals surface area contributed by atoms with E-state index in [9.17, 15) is 0 Å². The summed E-state index contributed by atoms with van der Waals surface area (Å²) in [4.78, 5) is 2.40. The molecule has 1 aromatic rings. The summed E-state index contributed by atoms with van der Waals surface area (Å²) in [6.07, 6.45) is 3.55. The highest BCUT2D eigenvalue weighted by molar-refractivity contribution is 5.74. The van der Waals surface area contributed by atoms with Gasteiger partial charge in [0, 0.05) is 12.1 Å². The lowest BCUT2D eigenvalue weighted by Gasteiger charge is -2.35. The van der Waals surface area contributed by atoms with E-state index >= 15 is 0 Å². The summed E-state index contributed by atoms with van der Waals surface area (Å²) in [5, 5.41) is 0. The molecule has 0 bridgehead atoms. The third kappa shape index (κ3) is 3.41. The second kappa shape index (κ2) is 6.10. The minimum atomic E-state index is 0.132. The minimum Gasteiger partial charge on any atom is -0.489 e. The van der Waals surface area contributed by atoms with Crippen molar-refractivity contribution in [1.29, 1.82) is 0 Å². The first-order chi connectivity index (χ1) is 9.79. The number of likely N-dealkylation sites (N-methyl/N-ethyl adjacent to an activating group) is 1. The number of anilines is 1. The predicted octanol–water partition coefficient (Wildman–Crippen LogP) is 3.86. The van der Waals surface area contributed by atoms with Crippen molar-refractivity contribution >= 4 is 11.3 Å². The Hall–Kier alpha value is -1.48. The Bertz CT molecular complexity index is 548. The van der Waals surface area contributed by atoms with Crippen LogP contribution in [0.2, 0.25) is 0 Å². The lowest BCUT2D eigenvalue weighted by atomic mass is 9.89. The molecule has 0 saturated carbocycles. The summed E-state index contributed by atoms with van der Waals surface area (Å²) in [5.41, 5.74) is 10.7. The first-order valence-corrected chi connectivity index (χ1v) is 7.79. The molecule has 0 saturated heterocycles. The van der Waals surface area contributed by atoms with Gasteiger partial charge in [0.15, 0.2) is 0 Å². The molecule has 1 aliphatic heterocycles. The SMILES string of the molecule is Cc1cc(N)c(OC(C)C)cc1C1=C[C@@H](C)N(C)[C@@H](C)C1. The molecule has 0 fully saturated rings. The Kier molecular flexibility index (Phi) is 4.62. The highest BCUT2D eigenvalue weighted by Gasteiger charge is 2.23. The first-order valence-electron chi connectivity index (χ1n) is 7.79. The zero-order valence-electron chi connectivity index (χ0n) is 14.1. The van der Waals surface area contributed by atoms with Crippen LogP contribution >= 0.6 is 0 Å². The second-order valence-corrected chi connectivity index (χ2v) is 6.52. The topological polar surface area (TPSA) is 38.5 Å². The molecule has 0 amide bonds. The van der Waals surface area contributed by atoms with Gasteiger partial charge in [-0.15, -0.1) is 0 Å². The van der Waals surface area contributed by atoms with Crippen LogP contribution in [0.1, 0.15) is 45.2 Å². The van der Waals surface area contributed by atoms with Crippen molar-refractivity contribution in [3.05, 3.63) is 29.3 Å². The maximum absolute atomic E-state index is 6.09. The molecule has 0 aliphatic carbocycles. The summed E-state index contributed by atoms with van der Waals surface area (Å²) < 4.78 is 5.84. The Morgan fingerprint density at radius 2 is 1.95 bits per heavy atom. The van der Waals surface area contributed by atoms with E-state index in [1.165, 1.54) is 16.7 Å². The number of nitrogens with zero attached hydrogens (tertiary/aromatic N) is 1. The van der Waals surface area contributed by atoms with Crippen LogP contribution in [0.4, 0.5) is 5.69 Å². The van der Waals surface area contributed by atoms with Crippen LogP contribution in [0.5, 0.6) is 5.75 Å². The van der Waals surface area contributed by atoms with Crippen molar-refractivity contribution in [2.24, 2.45) is 0 Å². The molecule has 116 valence electrons. The van der Waals surface area contributed by atoms with Gasteiger partial charge in [0.25, 0.3) is 0 Å². The van der Waals surface area contributed by atoms with Crippen molar-refractivity contribution in [2.45, 2.75) is 59.2 Å². The van der Waals surface area contributed by atoms with E-state index in [0.717, 1.165) is 17.9 Å². The van der Waals surface area contributed by atoms with Crippen molar-refractivity contribution in [3.8, 4) is 5.75 Å². The maximum Gasteiger partial charge on any atom is 0.143 e. The first kappa shape index (κ1) is 15.9. The normalized spacial score (nSPS) is 23.3. The molecule has 0 unspecified atom stereocenters. The Morgan fingerprint density at radius 3 is 2.52 bits per heavy atom. The van der Waals surface area contributed by atoms with E-state index in [2.05, 4.69) is 44.9 Å². The zero-order chi connectivity index (χ0) is 15.7. The maximum atomic E-state index is 6.09. The number of hydrogen-bond acceptors (Lipinski definition) is 3. The lowest BCUT2D eigenvalue weighted by molar-refractivity contribution is 0.220. The van der Waals surface area contributed by atoms with Crippen LogP contribution < -0.4 is 10.5 Å². The van der Waals surface area contributed by atoms with Gasteiger partial charge in [-0.1, -0.05) is 6.08 Å². The molecule has 21 heavy (non-hydrogen) atoms. The molecule has 2 N–H and O–H groups in total. The fourth-order valence-corrected chi connectivity index (χ4v) is 2.95. The van der Waals surface area contributed by atoms with Crippen LogP contribution in [0.15, 0.2) is 18.2 Å². The molecular weight excluding hydrogens is 260 g/mol. The van der Waals surface area contributed by atoms with Crippen molar-refractivity contribution in [2.75, 3.05) is 12.8 Å². The molecule has 2 atom stereocenters. The monoisotopic (exact) mass is 288 g/mol. The Labute approximate surface area is 128 Å². The quantitative estimate of drug-likeness (QED) is 0.858. The molecular formula is C18H28N2O. The predicted molar refractivity (Wildman–Crippen MR) is 90.6 cm³/mol. The number of nitrogen functional groups attached to an aromatic ring is 1. The second-order valence-electron chi connectivity index (χ2n) is 6.52. The zero-order valence-corrected chi connectivity index (χ0v) is 14.1. The smallest absolute Gasteiger partial charge is 0.143 e. The summed E-state index contributed by atoms with van der Waals surface area (Å²) >= 11 is 0. The lowest BCUT2D eigenvalue weighted by Crippen LogP contribution is -2.39. The standard InChI is InChI=1S/C18H28N2O/c1-11(2)21-18-10-16(12(3)7-17(18)19)15-8-13(4)20(6)14(5)9-15/h7-8,10-11,13-14H,9,19H2,1-6H3/t13-,14+/m1/s1. The number of hydrogen-bond donors (Lipinski definition) is 1. The van der Waals surface area contributed by atoms with Gasteiger partial charge in [0.05, 0.1) is 11.8 Å². The van der Waals surface area contributed by atoms with Gasteiger partial charge in [-0.2, -0.15) is 0 Å². The fraction of sp³-hybridized carbons (Fsp3) is 0.556.